The van der Waals surface area contributed by atoms with E-state index in [2.05, 4.69) is 10.3 Å². The number of benzene rings is 1. The van der Waals surface area contributed by atoms with E-state index >= 15 is 0 Å². The van der Waals surface area contributed by atoms with Crippen molar-refractivity contribution in [3.05, 3.63) is 27.7 Å². The highest BCUT2D eigenvalue weighted by atomic mass is 35.5. The molecule has 2 aliphatic rings. The molecule has 0 unspecified atom stereocenters. The van der Waals surface area contributed by atoms with Crippen molar-refractivity contribution in [2.75, 3.05) is 6.54 Å². The van der Waals surface area contributed by atoms with Gasteiger partial charge in [0.2, 0.25) is 11.9 Å². The molecule has 6 nitrogen and oxygen atoms in total. The van der Waals surface area contributed by atoms with Crippen molar-refractivity contribution in [1.29, 1.82) is 0 Å². The number of aliphatic imine (C=N–C) groups is 1. The molecular weight excluding hydrogens is 293 g/mol. The minimum Gasteiger partial charge on any atom is -0.483 e. The highest BCUT2D eigenvalue weighted by Crippen LogP contribution is 2.36. The van der Waals surface area contributed by atoms with Gasteiger partial charge in [-0.25, -0.2) is 4.99 Å². The SMILES string of the molecule is O=C1CN2Cc3c(ccc(Cl)c3Cl)N=C2N1.O=CO. The molecule has 1 aromatic carbocycles. The molecular formula is C11H9Cl2N3O3. The number of nitrogens with one attached hydrogen (secondary N) is 1. The van der Waals surface area contributed by atoms with E-state index in [4.69, 9.17) is 33.1 Å². The first-order valence-corrected chi connectivity index (χ1v) is 6.00. The van der Waals surface area contributed by atoms with E-state index in [1.807, 2.05) is 4.90 Å². The van der Waals surface area contributed by atoms with Gasteiger partial charge in [0.15, 0.2) is 0 Å². The first-order valence-electron chi connectivity index (χ1n) is 5.25. The van der Waals surface area contributed by atoms with Gasteiger partial charge in [0.1, 0.15) is 6.54 Å². The molecule has 0 aliphatic carbocycles. The molecule has 19 heavy (non-hydrogen) atoms. The second-order valence-electron chi connectivity index (χ2n) is 3.80. The van der Waals surface area contributed by atoms with Gasteiger partial charge >= 0.3 is 0 Å². The fourth-order valence-corrected chi connectivity index (χ4v) is 2.26. The zero-order chi connectivity index (χ0) is 14.0. The van der Waals surface area contributed by atoms with Gasteiger partial charge in [-0.05, 0) is 12.1 Å². The van der Waals surface area contributed by atoms with Crippen LogP contribution in [0.2, 0.25) is 10.0 Å². The lowest BCUT2D eigenvalue weighted by Gasteiger charge is -2.23. The first kappa shape index (κ1) is 13.6. The van der Waals surface area contributed by atoms with Crippen LogP contribution in [0.15, 0.2) is 17.1 Å². The number of guanidine groups is 1. The van der Waals surface area contributed by atoms with Gasteiger partial charge in [-0.2, -0.15) is 0 Å². The summed E-state index contributed by atoms with van der Waals surface area (Å²) in [7, 11) is 0. The number of carbonyl (C=O) groups is 2. The Balaban J connectivity index is 0.000000408. The van der Waals surface area contributed by atoms with Crippen molar-refractivity contribution in [2.24, 2.45) is 4.99 Å². The second-order valence-corrected chi connectivity index (χ2v) is 4.59. The molecule has 8 heteroatoms. The van der Waals surface area contributed by atoms with Gasteiger partial charge in [0, 0.05) is 5.56 Å². The zero-order valence-electron chi connectivity index (χ0n) is 9.56. The summed E-state index contributed by atoms with van der Waals surface area (Å²) in [4.78, 5) is 25.7. The molecule has 2 N–H and O–H groups in total. The topological polar surface area (TPSA) is 82.0 Å². The van der Waals surface area contributed by atoms with Crippen molar-refractivity contribution >= 4 is 47.2 Å². The van der Waals surface area contributed by atoms with Crippen LogP contribution in [0, 0.1) is 0 Å². The van der Waals surface area contributed by atoms with Crippen LogP contribution in [0.25, 0.3) is 0 Å². The number of carbonyl (C=O) groups excluding carboxylic acids is 1. The number of rotatable bonds is 0. The van der Waals surface area contributed by atoms with E-state index in [0.29, 0.717) is 29.1 Å². The third-order valence-corrected chi connectivity index (χ3v) is 3.48. The average molecular weight is 302 g/mol. The Morgan fingerprint density at radius 3 is 2.74 bits per heavy atom. The molecule has 0 spiro atoms. The Kier molecular flexibility index (Phi) is 3.92. The van der Waals surface area contributed by atoms with Crippen molar-refractivity contribution < 1.29 is 14.7 Å². The van der Waals surface area contributed by atoms with Gasteiger partial charge in [0.05, 0.1) is 22.3 Å². The number of nitrogens with zero attached hydrogens (tertiary/aromatic N) is 2. The Hall–Kier alpha value is -1.79. The lowest BCUT2D eigenvalue weighted by Crippen LogP contribution is -2.32. The molecule has 0 radical (unpaired) electrons. The largest absolute Gasteiger partial charge is 0.483 e. The Labute approximate surface area is 118 Å². The highest BCUT2D eigenvalue weighted by Gasteiger charge is 2.30. The molecule has 1 saturated heterocycles. The van der Waals surface area contributed by atoms with Crippen LogP contribution in [-0.4, -0.2) is 34.9 Å². The lowest BCUT2D eigenvalue weighted by molar-refractivity contribution is -0.123. The maximum atomic E-state index is 11.2. The van der Waals surface area contributed by atoms with Crippen LogP contribution >= 0.6 is 23.2 Å². The van der Waals surface area contributed by atoms with Crippen LogP contribution in [0.4, 0.5) is 5.69 Å². The van der Waals surface area contributed by atoms with Crippen LogP contribution in [-0.2, 0) is 16.1 Å². The molecule has 3 rings (SSSR count). The third-order valence-electron chi connectivity index (χ3n) is 2.63. The normalized spacial score (nSPS) is 15.6. The number of amides is 1. The number of fused-ring (bicyclic) bond motifs is 2. The Bertz CT molecular complexity index is 575. The fourth-order valence-electron chi connectivity index (χ4n) is 1.86. The monoisotopic (exact) mass is 301 g/mol. The summed E-state index contributed by atoms with van der Waals surface area (Å²) in [5.41, 5.74) is 1.64. The van der Waals surface area contributed by atoms with E-state index in [1.54, 1.807) is 12.1 Å². The summed E-state index contributed by atoms with van der Waals surface area (Å²) in [5.74, 6) is 0.546. The summed E-state index contributed by atoms with van der Waals surface area (Å²) < 4.78 is 0. The highest BCUT2D eigenvalue weighted by molar-refractivity contribution is 6.42. The molecule has 2 heterocycles. The second kappa shape index (κ2) is 5.46. The standard InChI is InChI=1S/C10H7Cl2N3O.CH2O2/c11-6-1-2-7-5(9(6)12)3-15-4-8(16)14-10(15)13-7;2-1-3/h1-2H,3-4H2,(H,13,14,16);1H,(H,2,3). The first-order chi connectivity index (χ1) is 9.06. The average Bonchev–Trinajstić information content (AvgIpc) is 2.72. The zero-order valence-corrected chi connectivity index (χ0v) is 11.1. The molecule has 1 fully saturated rings. The minimum absolute atomic E-state index is 0.0474. The van der Waals surface area contributed by atoms with Crippen LogP contribution < -0.4 is 5.32 Å². The maximum Gasteiger partial charge on any atom is 0.290 e. The molecule has 1 amide bonds. The van der Waals surface area contributed by atoms with Crippen molar-refractivity contribution in [3.8, 4) is 0 Å². The van der Waals surface area contributed by atoms with Crippen molar-refractivity contribution in [3.63, 3.8) is 0 Å². The molecule has 0 saturated carbocycles. The van der Waals surface area contributed by atoms with Gasteiger partial charge in [0.25, 0.3) is 6.47 Å². The van der Waals surface area contributed by atoms with Gasteiger partial charge in [-0.1, -0.05) is 23.2 Å². The molecule has 0 bridgehead atoms. The quantitative estimate of drug-likeness (QED) is 0.714. The van der Waals surface area contributed by atoms with E-state index in [0.717, 1.165) is 11.3 Å². The minimum atomic E-state index is -0.250. The number of halogens is 2. The molecule has 0 atom stereocenters. The van der Waals surface area contributed by atoms with Gasteiger partial charge in [-0.15, -0.1) is 0 Å². The van der Waals surface area contributed by atoms with E-state index < -0.39 is 0 Å². The fraction of sp³-hybridized carbons (Fsp3) is 0.182. The van der Waals surface area contributed by atoms with Crippen LogP contribution in [0.5, 0.6) is 0 Å². The van der Waals surface area contributed by atoms with Crippen molar-refractivity contribution in [2.45, 2.75) is 6.54 Å². The smallest absolute Gasteiger partial charge is 0.290 e. The van der Waals surface area contributed by atoms with Gasteiger partial charge < -0.3 is 10.0 Å². The molecule has 0 aromatic heterocycles. The third kappa shape index (κ3) is 2.64. The van der Waals surface area contributed by atoms with E-state index in [-0.39, 0.29) is 12.4 Å². The predicted octanol–water partition coefficient (Wildman–Crippen LogP) is 1.63. The number of carboxylic acid groups (broad SMARTS) is 1. The summed E-state index contributed by atoms with van der Waals surface area (Å²) >= 11 is 12.0. The number of hydrogen-bond donors (Lipinski definition) is 2. The van der Waals surface area contributed by atoms with E-state index in [9.17, 15) is 4.79 Å². The molecule has 100 valence electrons. The van der Waals surface area contributed by atoms with Gasteiger partial charge in [-0.3, -0.25) is 14.9 Å². The summed E-state index contributed by atoms with van der Waals surface area (Å²) in [6.45, 7) is 0.632. The Morgan fingerprint density at radius 2 is 2.05 bits per heavy atom. The summed E-state index contributed by atoms with van der Waals surface area (Å²) in [6, 6.07) is 3.51. The summed E-state index contributed by atoms with van der Waals surface area (Å²) in [6.07, 6.45) is 0. The van der Waals surface area contributed by atoms with E-state index in [1.165, 1.54) is 0 Å². The predicted molar refractivity (Wildman–Crippen MR) is 70.8 cm³/mol. The Morgan fingerprint density at radius 1 is 1.37 bits per heavy atom. The maximum absolute atomic E-state index is 11.2. The molecule has 2 aliphatic heterocycles. The van der Waals surface area contributed by atoms with Crippen LogP contribution in [0.1, 0.15) is 5.56 Å². The van der Waals surface area contributed by atoms with Crippen molar-refractivity contribution in [1.82, 2.24) is 10.2 Å². The molecule has 1 aromatic rings. The summed E-state index contributed by atoms with van der Waals surface area (Å²) in [5, 5.41) is 10.6. The van der Waals surface area contributed by atoms with Crippen LogP contribution in [0.3, 0.4) is 0 Å². The number of hydrogen-bond acceptors (Lipinski definition) is 4. The lowest BCUT2D eigenvalue weighted by atomic mass is 10.1.